The second-order valence-corrected chi connectivity index (χ2v) is 8.90. The fraction of sp³-hybridized carbons (Fsp3) is 0.609. The third-order valence-corrected chi connectivity index (χ3v) is 7.08. The van der Waals surface area contributed by atoms with E-state index in [4.69, 9.17) is 9.98 Å². The minimum absolute atomic E-state index is 0.278. The number of hydrogen-bond acceptors (Lipinski definition) is 4. The predicted octanol–water partition coefficient (Wildman–Crippen LogP) is 3.39. The van der Waals surface area contributed by atoms with E-state index in [0.29, 0.717) is 5.41 Å². The topological polar surface area (TPSA) is 52.4 Å². The Balaban J connectivity index is 1.43. The van der Waals surface area contributed by atoms with Crippen LogP contribution in [0.3, 0.4) is 0 Å². The van der Waals surface area contributed by atoms with Crippen molar-refractivity contribution in [3.05, 3.63) is 35.4 Å². The molecule has 3 heterocycles. The molecule has 2 bridgehead atoms. The molecule has 28 heavy (non-hydrogen) atoms. The van der Waals surface area contributed by atoms with E-state index in [-0.39, 0.29) is 5.41 Å². The maximum atomic E-state index is 5.01. The van der Waals surface area contributed by atoms with Crippen LogP contribution in [0.15, 0.2) is 39.2 Å². The van der Waals surface area contributed by atoms with Crippen LogP contribution in [0.4, 0.5) is 0 Å². The molecule has 0 aromatic heterocycles. The van der Waals surface area contributed by atoms with Gasteiger partial charge < -0.3 is 10.2 Å². The molecular weight excluding hydrogens is 346 g/mol. The lowest BCUT2D eigenvalue weighted by Crippen LogP contribution is -2.37. The summed E-state index contributed by atoms with van der Waals surface area (Å²) < 4.78 is 0. The van der Waals surface area contributed by atoms with Crippen molar-refractivity contribution < 1.29 is 0 Å². The Bertz CT molecular complexity index is 836. The van der Waals surface area contributed by atoms with Gasteiger partial charge in [0.2, 0.25) is 0 Å². The molecule has 1 aromatic carbocycles. The number of rotatable bonds is 5. The summed E-state index contributed by atoms with van der Waals surface area (Å²) >= 11 is 0. The van der Waals surface area contributed by atoms with E-state index >= 15 is 0 Å². The Morgan fingerprint density at radius 2 is 1.75 bits per heavy atom. The van der Waals surface area contributed by atoms with Gasteiger partial charge in [-0.3, -0.25) is 9.98 Å². The fourth-order valence-electron chi connectivity index (χ4n) is 4.49. The third kappa shape index (κ3) is 3.20. The van der Waals surface area contributed by atoms with Crippen molar-refractivity contribution >= 4 is 17.5 Å². The van der Waals surface area contributed by atoms with Crippen molar-refractivity contribution in [2.45, 2.75) is 51.4 Å². The summed E-state index contributed by atoms with van der Waals surface area (Å²) in [5.41, 5.74) is 3.18. The number of nitrogens with one attached hydrogen (secondary N) is 1. The van der Waals surface area contributed by atoms with Crippen LogP contribution in [0.2, 0.25) is 0 Å². The Morgan fingerprint density at radius 1 is 1.04 bits per heavy atom. The molecule has 1 N–H and O–H groups in total. The molecule has 6 rings (SSSR count). The zero-order valence-corrected chi connectivity index (χ0v) is 17.2. The molecule has 0 atom stereocenters. The highest BCUT2D eigenvalue weighted by molar-refractivity contribution is 6.15. The summed E-state index contributed by atoms with van der Waals surface area (Å²) in [6.07, 6.45) is 5.99. The van der Waals surface area contributed by atoms with Gasteiger partial charge in [0.15, 0.2) is 0 Å². The van der Waals surface area contributed by atoms with E-state index in [1.165, 1.54) is 31.2 Å². The molecule has 1 aromatic rings. The van der Waals surface area contributed by atoms with E-state index in [2.05, 4.69) is 53.3 Å². The van der Waals surface area contributed by atoms with Gasteiger partial charge in [-0.15, -0.1) is 0 Å². The van der Waals surface area contributed by atoms with E-state index in [1.54, 1.807) is 0 Å². The molecule has 2 fully saturated rings. The van der Waals surface area contributed by atoms with Crippen LogP contribution in [0.5, 0.6) is 0 Å². The number of benzene rings is 1. The van der Waals surface area contributed by atoms with Crippen molar-refractivity contribution in [3.63, 3.8) is 0 Å². The minimum Gasteiger partial charge on any atom is -0.328 e. The van der Waals surface area contributed by atoms with Gasteiger partial charge in [0.1, 0.15) is 17.5 Å². The molecule has 5 heteroatoms. The highest BCUT2D eigenvalue weighted by Crippen LogP contribution is 2.53. The lowest BCUT2D eigenvalue weighted by atomic mass is 9.92. The first-order valence-corrected chi connectivity index (χ1v) is 10.9. The fourth-order valence-corrected chi connectivity index (χ4v) is 4.49. The maximum Gasteiger partial charge on any atom is 0.140 e. The van der Waals surface area contributed by atoms with Gasteiger partial charge in [-0.05, 0) is 44.3 Å². The molecule has 0 radical (unpaired) electrons. The SMILES string of the molecule is CCN(CC)CCN=C1CC2(CC2)c2ccc(cc2)C(=NC2=NCC23CC3)N1. The second kappa shape index (κ2) is 6.80. The molecule has 3 aliphatic heterocycles. The summed E-state index contributed by atoms with van der Waals surface area (Å²) in [5, 5.41) is 3.64. The van der Waals surface area contributed by atoms with Crippen molar-refractivity contribution in [2.75, 3.05) is 32.7 Å². The predicted molar refractivity (Wildman–Crippen MR) is 116 cm³/mol. The zero-order chi connectivity index (χ0) is 19.2. The first kappa shape index (κ1) is 18.0. The first-order valence-electron chi connectivity index (χ1n) is 10.9. The standard InChI is InChI=1S/C23H31N5/c1-3-28(4-2)14-13-24-19-15-22(9-10-22)18-7-5-17(6-8-18)20(26-19)27-21-23(11-12-23)16-25-21/h5-8H,3-4,9-16H2,1-2H3,(H,24,25,26,27). The van der Waals surface area contributed by atoms with Crippen LogP contribution in [-0.2, 0) is 5.41 Å². The average Bonchev–Trinajstić information content (AvgIpc) is 3.62. The van der Waals surface area contributed by atoms with Crippen LogP contribution in [-0.4, -0.2) is 55.1 Å². The minimum atomic E-state index is 0.278. The summed E-state index contributed by atoms with van der Waals surface area (Å²) in [6, 6.07) is 9.04. The zero-order valence-electron chi connectivity index (χ0n) is 17.2. The Hall–Kier alpha value is -2.01. The molecule has 0 unspecified atom stereocenters. The molecule has 2 aliphatic carbocycles. The Kier molecular flexibility index (Phi) is 4.38. The van der Waals surface area contributed by atoms with Crippen molar-refractivity contribution in [1.29, 1.82) is 0 Å². The smallest absolute Gasteiger partial charge is 0.140 e. The van der Waals surface area contributed by atoms with E-state index < -0.39 is 0 Å². The van der Waals surface area contributed by atoms with Crippen LogP contribution >= 0.6 is 0 Å². The summed E-state index contributed by atoms with van der Waals surface area (Å²) in [7, 11) is 0. The van der Waals surface area contributed by atoms with Crippen LogP contribution in [0, 0.1) is 5.41 Å². The maximum absolute atomic E-state index is 5.01. The molecule has 5 aliphatic rings. The highest BCUT2D eigenvalue weighted by Gasteiger charge is 2.53. The van der Waals surface area contributed by atoms with Crippen LogP contribution in [0.1, 0.15) is 57.1 Å². The third-order valence-electron chi connectivity index (χ3n) is 7.08. The molecule has 0 saturated heterocycles. The number of fused-ring (bicyclic) bond motifs is 5. The van der Waals surface area contributed by atoms with Gasteiger partial charge in [-0.25, -0.2) is 4.99 Å². The summed E-state index contributed by atoms with van der Waals surface area (Å²) in [4.78, 5) is 17.0. The lowest BCUT2D eigenvalue weighted by molar-refractivity contribution is 0.313. The Morgan fingerprint density at radius 3 is 2.32 bits per heavy atom. The Labute approximate surface area is 168 Å². The molecule has 148 valence electrons. The number of likely N-dealkylation sites (N-methyl/N-ethyl adjacent to an activating group) is 1. The second-order valence-electron chi connectivity index (χ2n) is 8.90. The van der Waals surface area contributed by atoms with Gasteiger partial charge in [0, 0.05) is 29.4 Å². The van der Waals surface area contributed by atoms with E-state index in [0.717, 1.165) is 62.2 Å². The van der Waals surface area contributed by atoms with Gasteiger partial charge in [-0.1, -0.05) is 38.1 Å². The molecule has 2 saturated carbocycles. The number of nitrogens with zero attached hydrogens (tertiary/aromatic N) is 4. The monoisotopic (exact) mass is 377 g/mol. The van der Waals surface area contributed by atoms with E-state index in [1.807, 2.05) is 0 Å². The first-order chi connectivity index (χ1) is 13.7. The largest absolute Gasteiger partial charge is 0.328 e. The highest BCUT2D eigenvalue weighted by atomic mass is 15.1. The average molecular weight is 378 g/mol. The van der Waals surface area contributed by atoms with Crippen molar-refractivity contribution in [2.24, 2.45) is 20.4 Å². The van der Waals surface area contributed by atoms with Gasteiger partial charge in [0.25, 0.3) is 0 Å². The van der Waals surface area contributed by atoms with Gasteiger partial charge in [-0.2, -0.15) is 0 Å². The number of amidine groups is 3. The van der Waals surface area contributed by atoms with Crippen LogP contribution < -0.4 is 5.32 Å². The van der Waals surface area contributed by atoms with Crippen molar-refractivity contribution in [3.8, 4) is 0 Å². The summed E-state index contributed by atoms with van der Waals surface area (Å²) in [5.74, 6) is 3.06. The molecule has 2 spiro atoms. The lowest BCUT2D eigenvalue weighted by Gasteiger charge is -2.23. The molecule has 5 nitrogen and oxygen atoms in total. The quantitative estimate of drug-likeness (QED) is 0.855. The number of aliphatic imine (C=N–C) groups is 3. The van der Waals surface area contributed by atoms with Gasteiger partial charge in [0.05, 0.1) is 13.1 Å². The van der Waals surface area contributed by atoms with Gasteiger partial charge >= 0.3 is 0 Å². The molecule has 0 amide bonds. The molecular formula is C23H31N5. The van der Waals surface area contributed by atoms with E-state index in [9.17, 15) is 0 Å². The van der Waals surface area contributed by atoms with Crippen molar-refractivity contribution in [1.82, 2.24) is 10.2 Å². The number of hydrogen-bond donors (Lipinski definition) is 1. The normalized spacial score (nSPS) is 26.0. The van der Waals surface area contributed by atoms with Crippen LogP contribution in [0.25, 0.3) is 0 Å². The summed E-state index contributed by atoms with van der Waals surface area (Å²) in [6.45, 7) is 9.41.